The van der Waals surface area contributed by atoms with Crippen LogP contribution in [0.3, 0.4) is 0 Å². The van der Waals surface area contributed by atoms with Crippen molar-refractivity contribution in [3.63, 3.8) is 0 Å². The predicted octanol–water partition coefficient (Wildman–Crippen LogP) is 1.41. The van der Waals surface area contributed by atoms with E-state index in [0.29, 0.717) is 29.3 Å². The number of likely N-dealkylation sites (tertiary alicyclic amines) is 1. The van der Waals surface area contributed by atoms with Gasteiger partial charge in [-0.3, -0.25) is 13.9 Å². The van der Waals surface area contributed by atoms with Gasteiger partial charge in [0, 0.05) is 32.5 Å². The summed E-state index contributed by atoms with van der Waals surface area (Å²) < 4.78 is 3.57. The molecule has 0 bridgehead atoms. The lowest BCUT2D eigenvalue weighted by Gasteiger charge is -2.18. The number of hydrogen-bond donors (Lipinski definition) is 1. The molecule has 0 radical (unpaired) electrons. The van der Waals surface area contributed by atoms with E-state index in [9.17, 15) is 4.79 Å². The highest BCUT2D eigenvalue weighted by atomic mass is 16.1. The van der Waals surface area contributed by atoms with E-state index in [4.69, 9.17) is 5.26 Å². The standard InChI is InChI=1S/C18H19N7O/c1-23-10-7-14(22-23)17-16(21-15-6-2-3-9-25(15)17)18(26)20-11-13-5-4-8-24(13)12-19/h2-3,6-7,9-10,13H,4-5,8,11H2,1H3,(H,20,26). The summed E-state index contributed by atoms with van der Waals surface area (Å²) in [6.07, 6.45) is 7.78. The number of carbonyl (C=O) groups is 1. The highest BCUT2D eigenvalue weighted by molar-refractivity contribution is 5.99. The number of nitriles is 1. The number of amides is 1. The molecule has 8 nitrogen and oxygen atoms in total. The highest BCUT2D eigenvalue weighted by Crippen LogP contribution is 2.24. The van der Waals surface area contributed by atoms with Gasteiger partial charge in [-0.2, -0.15) is 10.4 Å². The average molecular weight is 349 g/mol. The Balaban J connectivity index is 1.65. The number of pyridine rings is 1. The van der Waals surface area contributed by atoms with Crippen molar-refractivity contribution in [3.8, 4) is 17.6 Å². The number of carbonyl (C=O) groups excluding carboxylic acids is 1. The smallest absolute Gasteiger partial charge is 0.272 e. The van der Waals surface area contributed by atoms with Crippen LogP contribution in [0.4, 0.5) is 0 Å². The molecule has 0 spiro atoms. The minimum atomic E-state index is -0.251. The first-order chi connectivity index (χ1) is 12.7. The number of nitrogens with zero attached hydrogens (tertiary/aromatic N) is 6. The Labute approximate surface area is 150 Å². The lowest BCUT2D eigenvalue weighted by atomic mass is 10.2. The van der Waals surface area contributed by atoms with Crippen LogP contribution >= 0.6 is 0 Å². The number of hydrogen-bond acceptors (Lipinski definition) is 5. The number of fused-ring (bicyclic) bond motifs is 1. The zero-order valence-electron chi connectivity index (χ0n) is 14.5. The summed E-state index contributed by atoms with van der Waals surface area (Å²) in [4.78, 5) is 19.1. The molecule has 132 valence electrons. The number of rotatable bonds is 4. The first kappa shape index (κ1) is 16.1. The van der Waals surface area contributed by atoms with Crippen molar-refractivity contribution in [3.05, 3.63) is 42.4 Å². The zero-order chi connectivity index (χ0) is 18.1. The number of nitrogens with one attached hydrogen (secondary N) is 1. The van der Waals surface area contributed by atoms with E-state index in [0.717, 1.165) is 19.4 Å². The monoisotopic (exact) mass is 349 g/mol. The molecule has 1 aliphatic rings. The van der Waals surface area contributed by atoms with Gasteiger partial charge in [0.1, 0.15) is 17.0 Å². The van der Waals surface area contributed by atoms with Crippen LogP contribution in [0.1, 0.15) is 23.3 Å². The fourth-order valence-electron chi connectivity index (χ4n) is 3.41. The van der Waals surface area contributed by atoms with Gasteiger partial charge in [0.05, 0.1) is 6.04 Å². The summed E-state index contributed by atoms with van der Waals surface area (Å²) in [5, 5.41) is 16.5. The number of aromatic nitrogens is 4. The molecule has 1 N–H and O–H groups in total. The molecule has 1 aliphatic heterocycles. The van der Waals surface area contributed by atoms with Gasteiger partial charge in [-0.15, -0.1) is 0 Å². The summed E-state index contributed by atoms with van der Waals surface area (Å²) >= 11 is 0. The van der Waals surface area contributed by atoms with Crippen molar-refractivity contribution in [1.29, 1.82) is 5.26 Å². The molecule has 1 atom stereocenters. The first-order valence-corrected chi connectivity index (χ1v) is 8.59. The van der Waals surface area contributed by atoms with Crippen LogP contribution in [0, 0.1) is 11.5 Å². The third-order valence-electron chi connectivity index (χ3n) is 4.71. The van der Waals surface area contributed by atoms with E-state index in [1.807, 2.05) is 48.1 Å². The van der Waals surface area contributed by atoms with Crippen LogP contribution in [0.15, 0.2) is 36.7 Å². The molecular weight excluding hydrogens is 330 g/mol. The normalized spacial score (nSPS) is 16.8. The second-order valence-electron chi connectivity index (χ2n) is 6.41. The molecule has 1 amide bonds. The molecule has 4 rings (SSSR count). The zero-order valence-corrected chi connectivity index (χ0v) is 14.5. The van der Waals surface area contributed by atoms with Crippen LogP contribution in [-0.2, 0) is 7.05 Å². The molecule has 3 aromatic rings. The topological polar surface area (TPSA) is 91.2 Å². The van der Waals surface area contributed by atoms with Crippen LogP contribution in [-0.4, -0.2) is 49.1 Å². The second kappa shape index (κ2) is 6.52. The SMILES string of the molecule is Cn1ccc(-c2c(C(=O)NCC3CCCN3C#N)nc3ccccn23)n1. The second-order valence-corrected chi connectivity index (χ2v) is 6.41. The Bertz CT molecular complexity index is 997. The van der Waals surface area contributed by atoms with Crippen LogP contribution < -0.4 is 5.32 Å². The van der Waals surface area contributed by atoms with Crippen molar-refractivity contribution in [2.75, 3.05) is 13.1 Å². The largest absolute Gasteiger partial charge is 0.349 e. The van der Waals surface area contributed by atoms with Gasteiger partial charge in [0.2, 0.25) is 0 Å². The molecule has 0 saturated carbocycles. The van der Waals surface area contributed by atoms with Crippen LogP contribution in [0.2, 0.25) is 0 Å². The highest BCUT2D eigenvalue weighted by Gasteiger charge is 2.26. The summed E-state index contributed by atoms with van der Waals surface area (Å²) in [5.41, 5.74) is 2.40. The van der Waals surface area contributed by atoms with E-state index < -0.39 is 0 Å². The van der Waals surface area contributed by atoms with Gasteiger partial charge in [0.15, 0.2) is 11.9 Å². The van der Waals surface area contributed by atoms with E-state index >= 15 is 0 Å². The van der Waals surface area contributed by atoms with Gasteiger partial charge in [-0.25, -0.2) is 4.98 Å². The number of aryl methyl sites for hydroxylation is 1. The Morgan fingerprint density at radius 3 is 3.04 bits per heavy atom. The lowest BCUT2D eigenvalue weighted by molar-refractivity contribution is 0.0942. The van der Waals surface area contributed by atoms with Crippen molar-refractivity contribution >= 4 is 11.6 Å². The summed E-state index contributed by atoms with van der Waals surface area (Å²) in [6, 6.07) is 7.56. The van der Waals surface area contributed by atoms with Crippen molar-refractivity contribution < 1.29 is 4.79 Å². The third-order valence-corrected chi connectivity index (χ3v) is 4.71. The molecule has 3 aromatic heterocycles. The minimum absolute atomic E-state index is 0.0549. The van der Waals surface area contributed by atoms with E-state index in [1.165, 1.54) is 0 Å². The van der Waals surface area contributed by atoms with Crippen molar-refractivity contribution in [2.24, 2.45) is 7.05 Å². The fourth-order valence-corrected chi connectivity index (χ4v) is 3.41. The molecule has 1 unspecified atom stereocenters. The Kier molecular flexibility index (Phi) is 4.05. The van der Waals surface area contributed by atoms with Crippen LogP contribution in [0.25, 0.3) is 17.0 Å². The van der Waals surface area contributed by atoms with Crippen molar-refractivity contribution in [1.82, 2.24) is 29.4 Å². The third kappa shape index (κ3) is 2.77. The molecule has 1 fully saturated rings. The molecule has 26 heavy (non-hydrogen) atoms. The van der Waals surface area contributed by atoms with Gasteiger partial charge in [0.25, 0.3) is 5.91 Å². The molecule has 0 aromatic carbocycles. The Morgan fingerprint density at radius 1 is 1.38 bits per heavy atom. The molecule has 8 heteroatoms. The quantitative estimate of drug-likeness (QED) is 0.719. The Hall–Kier alpha value is -3.34. The summed E-state index contributed by atoms with van der Waals surface area (Å²) in [5.74, 6) is -0.251. The van der Waals surface area contributed by atoms with Gasteiger partial charge < -0.3 is 10.2 Å². The Morgan fingerprint density at radius 2 is 2.27 bits per heavy atom. The maximum atomic E-state index is 12.8. The fraction of sp³-hybridized carbons (Fsp3) is 0.333. The maximum Gasteiger partial charge on any atom is 0.272 e. The maximum absolute atomic E-state index is 12.8. The van der Waals surface area contributed by atoms with Gasteiger partial charge in [-0.1, -0.05) is 6.07 Å². The van der Waals surface area contributed by atoms with E-state index in [2.05, 4.69) is 21.6 Å². The summed E-state index contributed by atoms with van der Waals surface area (Å²) in [7, 11) is 1.84. The summed E-state index contributed by atoms with van der Waals surface area (Å²) in [6.45, 7) is 1.19. The lowest BCUT2D eigenvalue weighted by Crippen LogP contribution is -2.38. The predicted molar refractivity (Wildman–Crippen MR) is 95.1 cm³/mol. The van der Waals surface area contributed by atoms with Gasteiger partial charge >= 0.3 is 0 Å². The molecule has 1 saturated heterocycles. The minimum Gasteiger partial charge on any atom is -0.349 e. The van der Waals surface area contributed by atoms with E-state index in [1.54, 1.807) is 9.58 Å². The first-order valence-electron chi connectivity index (χ1n) is 8.59. The van der Waals surface area contributed by atoms with E-state index in [-0.39, 0.29) is 11.9 Å². The number of imidazole rings is 1. The van der Waals surface area contributed by atoms with Gasteiger partial charge in [-0.05, 0) is 31.0 Å². The van der Waals surface area contributed by atoms with Crippen LogP contribution in [0.5, 0.6) is 0 Å². The molecule has 4 heterocycles. The molecular formula is C18H19N7O. The molecule has 0 aliphatic carbocycles. The van der Waals surface area contributed by atoms with Crippen molar-refractivity contribution in [2.45, 2.75) is 18.9 Å². The average Bonchev–Trinajstić information content (AvgIpc) is 3.36.